The van der Waals surface area contributed by atoms with Gasteiger partial charge in [0.2, 0.25) is 0 Å². The number of hydrogen-bond acceptors (Lipinski definition) is 4. The third-order valence-corrected chi connectivity index (χ3v) is 4.01. The fourth-order valence-electron chi connectivity index (χ4n) is 2.45. The normalized spacial score (nSPS) is 13.0. The average Bonchev–Trinajstić information content (AvgIpc) is 3.12. The molecule has 0 aliphatic heterocycles. The van der Waals surface area contributed by atoms with Crippen molar-refractivity contribution in [2.24, 2.45) is 10.4 Å². The van der Waals surface area contributed by atoms with Crippen molar-refractivity contribution in [2.75, 3.05) is 20.7 Å². The number of methoxy groups -OCH3 is 1. The molecule has 2 N–H and O–H groups in total. The SMILES string of the molecule is CN=C(NCc1ccc(-n2cncn2)cc1)NCC(OC)C(C)(C)C.I. The zero-order valence-corrected chi connectivity index (χ0v) is 18.4. The lowest BCUT2D eigenvalue weighted by Gasteiger charge is -2.30. The van der Waals surface area contributed by atoms with Gasteiger partial charge in [-0.25, -0.2) is 9.67 Å². The van der Waals surface area contributed by atoms with Crippen LogP contribution in [0.4, 0.5) is 0 Å². The number of nitrogens with one attached hydrogen (secondary N) is 2. The average molecular weight is 472 g/mol. The fourth-order valence-corrected chi connectivity index (χ4v) is 2.45. The predicted molar refractivity (Wildman–Crippen MR) is 115 cm³/mol. The highest BCUT2D eigenvalue weighted by Gasteiger charge is 2.24. The van der Waals surface area contributed by atoms with Crippen molar-refractivity contribution in [2.45, 2.75) is 33.4 Å². The Morgan fingerprint density at radius 3 is 2.42 bits per heavy atom. The van der Waals surface area contributed by atoms with Crippen molar-refractivity contribution in [3.05, 3.63) is 42.5 Å². The van der Waals surface area contributed by atoms with Crippen LogP contribution in [0.2, 0.25) is 0 Å². The van der Waals surface area contributed by atoms with Gasteiger partial charge in [0.05, 0.1) is 11.8 Å². The van der Waals surface area contributed by atoms with Crippen LogP contribution in [0, 0.1) is 5.41 Å². The number of aromatic nitrogens is 3. The van der Waals surface area contributed by atoms with Gasteiger partial charge in [-0.2, -0.15) is 5.10 Å². The maximum absolute atomic E-state index is 5.56. The number of nitrogens with zero attached hydrogens (tertiary/aromatic N) is 4. The summed E-state index contributed by atoms with van der Waals surface area (Å²) in [6.45, 7) is 7.87. The molecule has 0 aliphatic rings. The molecule has 2 aromatic rings. The highest BCUT2D eigenvalue weighted by molar-refractivity contribution is 14.0. The number of rotatable bonds is 6. The fraction of sp³-hybridized carbons (Fsp3) is 0.500. The highest BCUT2D eigenvalue weighted by atomic mass is 127. The van der Waals surface area contributed by atoms with Gasteiger partial charge in [0, 0.05) is 27.2 Å². The Hall–Kier alpha value is -1.68. The van der Waals surface area contributed by atoms with E-state index < -0.39 is 0 Å². The minimum Gasteiger partial charge on any atom is -0.379 e. The van der Waals surface area contributed by atoms with E-state index in [1.165, 1.54) is 6.33 Å². The first-order chi connectivity index (χ1) is 11.9. The molecule has 1 aromatic heterocycles. The third-order valence-electron chi connectivity index (χ3n) is 4.01. The molecule has 144 valence electrons. The molecule has 0 bridgehead atoms. The lowest BCUT2D eigenvalue weighted by molar-refractivity contribution is 0.0205. The second-order valence-corrected chi connectivity index (χ2v) is 6.90. The van der Waals surface area contributed by atoms with Crippen LogP contribution in [0.1, 0.15) is 26.3 Å². The Kier molecular flexibility index (Phi) is 9.00. The Bertz CT molecular complexity index is 664. The van der Waals surface area contributed by atoms with Crippen LogP contribution in [0.5, 0.6) is 0 Å². The van der Waals surface area contributed by atoms with Crippen molar-refractivity contribution in [3.8, 4) is 5.69 Å². The van der Waals surface area contributed by atoms with Gasteiger partial charge < -0.3 is 15.4 Å². The summed E-state index contributed by atoms with van der Waals surface area (Å²) in [4.78, 5) is 8.22. The maximum Gasteiger partial charge on any atom is 0.191 e. The second-order valence-electron chi connectivity index (χ2n) is 6.90. The zero-order valence-electron chi connectivity index (χ0n) is 16.1. The second kappa shape index (κ2) is 10.5. The monoisotopic (exact) mass is 472 g/mol. The van der Waals surface area contributed by atoms with Crippen molar-refractivity contribution in [1.29, 1.82) is 0 Å². The van der Waals surface area contributed by atoms with Gasteiger partial charge in [-0.3, -0.25) is 4.99 Å². The first-order valence-corrected chi connectivity index (χ1v) is 8.35. The molecule has 26 heavy (non-hydrogen) atoms. The predicted octanol–water partition coefficient (Wildman–Crippen LogP) is 2.61. The molecule has 2 rings (SSSR count). The molecule has 1 aromatic carbocycles. The quantitative estimate of drug-likeness (QED) is 0.384. The Morgan fingerprint density at radius 2 is 1.92 bits per heavy atom. The van der Waals surface area contributed by atoms with Crippen LogP contribution >= 0.6 is 24.0 Å². The van der Waals surface area contributed by atoms with Gasteiger partial charge in [0.25, 0.3) is 0 Å². The van der Waals surface area contributed by atoms with Crippen LogP contribution in [0.25, 0.3) is 5.69 Å². The molecule has 0 spiro atoms. The van der Waals surface area contributed by atoms with E-state index in [-0.39, 0.29) is 35.5 Å². The summed E-state index contributed by atoms with van der Waals surface area (Å²) in [5.41, 5.74) is 2.21. The molecule has 0 amide bonds. The van der Waals surface area contributed by atoms with E-state index in [1.54, 1.807) is 25.2 Å². The van der Waals surface area contributed by atoms with Gasteiger partial charge in [0.1, 0.15) is 12.7 Å². The Balaban J connectivity index is 0.00000338. The van der Waals surface area contributed by atoms with E-state index in [0.29, 0.717) is 13.1 Å². The maximum atomic E-state index is 5.56. The first-order valence-electron chi connectivity index (χ1n) is 8.35. The van der Waals surface area contributed by atoms with Gasteiger partial charge in [0.15, 0.2) is 5.96 Å². The van der Waals surface area contributed by atoms with E-state index in [9.17, 15) is 0 Å². The van der Waals surface area contributed by atoms with Crippen LogP contribution in [-0.4, -0.2) is 47.5 Å². The lowest BCUT2D eigenvalue weighted by atomic mass is 9.89. The Morgan fingerprint density at radius 1 is 1.23 bits per heavy atom. The van der Waals surface area contributed by atoms with Gasteiger partial charge in [-0.05, 0) is 23.1 Å². The van der Waals surface area contributed by atoms with Crippen LogP contribution in [0.15, 0.2) is 41.9 Å². The number of hydrogen-bond donors (Lipinski definition) is 2. The van der Waals surface area contributed by atoms with E-state index in [2.05, 4.69) is 58.6 Å². The number of guanidine groups is 1. The van der Waals surface area contributed by atoms with Crippen molar-refractivity contribution in [3.63, 3.8) is 0 Å². The topological polar surface area (TPSA) is 76.4 Å². The van der Waals surface area contributed by atoms with Crippen LogP contribution in [0.3, 0.4) is 0 Å². The van der Waals surface area contributed by atoms with Gasteiger partial charge >= 0.3 is 0 Å². The van der Waals surface area contributed by atoms with Crippen molar-refractivity contribution < 1.29 is 4.74 Å². The van der Waals surface area contributed by atoms with E-state index in [1.807, 2.05) is 12.1 Å². The van der Waals surface area contributed by atoms with Gasteiger partial charge in [-0.1, -0.05) is 32.9 Å². The number of aliphatic imine (C=N–C) groups is 1. The summed E-state index contributed by atoms with van der Waals surface area (Å²) in [6.07, 6.45) is 3.31. The molecule has 1 atom stereocenters. The molecule has 1 unspecified atom stereocenters. The first kappa shape index (κ1) is 22.4. The summed E-state index contributed by atoms with van der Waals surface area (Å²) >= 11 is 0. The Labute approximate surface area is 172 Å². The van der Waals surface area contributed by atoms with Gasteiger partial charge in [-0.15, -0.1) is 24.0 Å². The van der Waals surface area contributed by atoms with Crippen molar-refractivity contribution in [1.82, 2.24) is 25.4 Å². The zero-order chi connectivity index (χ0) is 18.3. The summed E-state index contributed by atoms with van der Waals surface area (Å²) in [5, 5.41) is 10.8. The molecule has 0 aliphatic carbocycles. The standard InChI is InChI=1S/C18H28N6O.HI/c1-18(2,3)16(25-5)11-22-17(19-4)21-10-14-6-8-15(9-7-14)24-13-20-12-23-24;/h6-9,12-13,16H,10-11H2,1-5H3,(H2,19,21,22);1H. The largest absolute Gasteiger partial charge is 0.379 e. The van der Waals surface area contributed by atoms with E-state index in [0.717, 1.165) is 17.2 Å². The summed E-state index contributed by atoms with van der Waals surface area (Å²) < 4.78 is 7.29. The third kappa shape index (κ3) is 6.56. The van der Waals surface area contributed by atoms with E-state index >= 15 is 0 Å². The minimum absolute atomic E-state index is 0. The number of ether oxygens (including phenoxy) is 1. The molecule has 0 radical (unpaired) electrons. The molecule has 1 heterocycles. The van der Waals surface area contributed by atoms with Crippen LogP contribution in [-0.2, 0) is 11.3 Å². The molecular weight excluding hydrogens is 443 g/mol. The lowest BCUT2D eigenvalue weighted by Crippen LogP contribution is -2.45. The summed E-state index contributed by atoms with van der Waals surface area (Å²) in [6, 6.07) is 8.15. The van der Waals surface area contributed by atoms with E-state index in [4.69, 9.17) is 4.74 Å². The number of benzene rings is 1. The molecule has 0 fully saturated rings. The molecule has 0 saturated heterocycles. The molecule has 8 heteroatoms. The van der Waals surface area contributed by atoms with Crippen molar-refractivity contribution >= 4 is 29.9 Å². The molecule has 0 saturated carbocycles. The highest BCUT2D eigenvalue weighted by Crippen LogP contribution is 2.20. The molecular formula is C18H29IN6O. The minimum atomic E-state index is 0. The summed E-state index contributed by atoms with van der Waals surface area (Å²) in [7, 11) is 3.51. The number of halogens is 1. The smallest absolute Gasteiger partial charge is 0.191 e. The summed E-state index contributed by atoms with van der Waals surface area (Å²) in [5.74, 6) is 0.756. The molecule has 7 nitrogen and oxygen atoms in total. The van der Waals surface area contributed by atoms with Crippen LogP contribution < -0.4 is 10.6 Å².